The van der Waals surface area contributed by atoms with Crippen LogP contribution in [-0.2, 0) is 11.8 Å². The molecule has 3 N–H and O–H groups in total. The lowest BCUT2D eigenvalue weighted by Crippen LogP contribution is -2.41. The fourth-order valence-corrected chi connectivity index (χ4v) is 3.53. The van der Waals surface area contributed by atoms with Crippen molar-refractivity contribution in [2.24, 2.45) is 0 Å². The second kappa shape index (κ2) is 9.58. The molecule has 0 amide bonds. The smallest absolute Gasteiger partial charge is 0.0677 e. The Morgan fingerprint density at radius 3 is 1.75 bits per heavy atom. The maximum Gasteiger partial charge on any atom is 0.0677 e. The second-order valence-corrected chi connectivity index (χ2v) is 6.38. The van der Waals surface area contributed by atoms with Crippen LogP contribution in [0.4, 0.5) is 0 Å². The van der Waals surface area contributed by atoms with Gasteiger partial charge in [0.25, 0.3) is 0 Å². The molecule has 0 fully saturated rings. The zero-order chi connectivity index (χ0) is 17.3. The average molecular weight is 328 g/mol. The van der Waals surface area contributed by atoms with E-state index < -0.39 is 11.5 Å². The maximum atomic E-state index is 11.2. The Morgan fingerprint density at radius 1 is 0.750 bits per heavy atom. The third-order valence-electron chi connectivity index (χ3n) is 4.82. The van der Waals surface area contributed by atoms with Gasteiger partial charge in [0.05, 0.1) is 6.10 Å². The molecule has 2 rings (SSSR count). The molecule has 2 aromatic rings. The van der Waals surface area contributed by atoms with E-state index >= 15 is 0 Å². The van der Waals surface area contributed by atoms with Gasteiger partial charge in [-0.05, 0) is 43.2 Å². The summed E-state index contributed by atoms with van der Waals surface area (Å²) in [6, 6.07) is 20.0. The van der Waals surface area contributed by atoms with Crippen LogP contribution in [-0.4, -0.2) is 34.6 Å². The van der Waals surface area contributed by atoms with E-state index in [9.17, 15) is 15.3 Å². The standard InChI is InChI=1S/C21H28O3/c22-15-7-13-21(14-8-16-23,19-11-5-2-6-12-19)20(24)17-18-9-3-1-4-10-18/h1-6,9-12,20,22-24H,7-8,13-17H2. The predicted molar refractivity (Wildman–Crippen MR) is 96.9 cm³/mol. The van der Waals surface area contributed by atoms with Crippen LogP contribution in [0.2, 0.25) is 0 Å². The highest BCUT2D eigenvalue weighted by Gasteiger charge is 2.38. The van der Waals surface area contributed by atoms with Crippen molar-refractivity contribution in [3.8, 4) is 0 Å². The molecule has 0 heterocycles. The van der Waals surface area contributed by atoms with Crippen LogP contribution in [0, 0.1) is 0 Å². The van der Waals surface area contributed by atoms with E-state index in [4.69, 9.17) is 0 Å². The summed E-state index contributed by atoms with van der Waals surface area (Å²) in [5.41, 5.74) is 1.72. The van der Waals surface area contributed by atoms with Gasteiger partial charge in [0, 0.05) is 18.6 Å². The van der Waals surface area contributed by atoms with Crippen molar-refractivity contribution >= 4 is 0 Å². The summed E-state index contributed by atoms with van der Waals surface area (Å²) in [5, 5.41) is 29.8. The van der Waals surface area contributed by atoms with E-state index in [1.807, 2.05) is 60.7 Å². The molecule has 0 bridgehead atoms. The number of hydrogen-bond donors (Lipinski definition) is 3. The monoisotopic (exact) mass is 328 g/mol. The van der Waals surface area contributed by atoms with Crippen LogP contribution in [0.15, 0.2) is 60.7 Å². The predicted octanol–water partition coefficient (Wildman–Crippen LogP) is 3.07. The van der Waals surface area contributed by atoms with Crippen molar-refractivity contribution in [1.29, 1.82) is 0 Å². The first-order valence-electron chi connectivity index (χ1n) is 8.72. The molecule has 1 unspecified atom stereocenters. The molecule has 0 saturated heterocycles. The highest BCUT2D eigenvalue weighted by atomic mass is 16.3. The van der Waals surface area contributed by atoms with Crippen molar-refractivity contribution in [1.82, 2.24) is 0 Å². The SMILES string of the molecule is OCCCC(CCCO)(c1ccccc1)C(O)Cc1ccccc1. The Morgan fingerprint density at radius 2 is 1.25 bits per heavy atom. The van der Waals surface area contributed by atoms with Gasteiger partial charge in [-0.3, -0.25) is 0 Å². The maximum absolute atomic E-state index is 11.2. The number of hydrogen-bond acceptors (Lipinski definition) is 3. The topological polar surface area (TPSA) is 60.7 Å². The van der Waals surface area contributed by atoms with Crippen molar-refractivity contribution in [3.63, 3.8) is 0 Å². The van der Waals surface area contributed by atoms with Crippen LogP contribution >= 0.6 is 0 Å². The number of aliphatic hydroxyl groups excluding tert-OH is 3. The summed E-state index contributed by atoms with van der Waals surface area (Å²) in [4.78, 5) is 0. The van der Waals surface area contributed by atoms with Crippen LogP contribution in [0.1, 0.15) is 36.8 Å². The van der Waals surface area contributed by atoms with Gasteiger partial charge in [-0.15, -0.1) is 0 Å². The largest absolute Gasteiger partial charge is 0.396 e. The van der Waals surface area contributed by atoms with E-state index in [0.29, 0.717) is 32.1 Å². The molecule has 3 nitrogen and oxygen atoms in total. The first-order valence-corrected chi connectivity index (χ1v) is 8.72. The fraction of sp³-hybridized carbons (Fsp3) is 0.429. The Hall–Kier alpha value is -1.68. The Labute approximate surface area is 144 Å². The van der Waals surface area contributed by atoms with Gasteiger partial charge in [-0.2, -0.15) is 0 Å². The third-order valence-corrected chi connectivity index (χ3v) is 4.82. The molecule has 3 heteroatoms. The van der Waals surface area contributed by atoms with E-state index in [-0.39, 0.29) is 13.2 Å². The van der Waals surface area contributed by atoms with Gasteiger partial charge >= 0.3 is 0 Å². The molecular formula is C21H28O3. The van der Waals surface area contributed by atoms with Gasteiger partial charge in [-0.25, -0.2) is 0 Å². The van der Waals surface area contributed by atoms with E-state index in [2.05, 4.69) is 0 Å². The lowest BCUT2D eigenvalue weighted by atomic mass is 9.68. The minimum atomic E-state index is -0.569. The lowest BCUT2D eigenvalue weighted by molar-refractivity contribution is 0.0577. The van der Waals surface area contributed by atoms with Crippen LogP contribution in [0.3, 0.4) is 0 Å². The van der Waals surface area contributed by atoms with Crippen LogP contribution in [0.5, 0.6) is 0 Å². The minimum absolute atomic E-state index is 0.103. The second-order valence-electron chi connectivity index (χ2n) is 6.38. The molecule has 2 aromatic carbocycles. The number of benzene rings is 2. The molecule has 0 radical (unpaired) electrons. The summed E-state index contributed by atoms with van der Waals surface area (Å²) in [7, 11) is 0. The van der Waals surface area contributed by atoms with Crippen LogP contribution < -0.4 is 0 Å². The summed E-state index contributed by atoms with van der Waals surface area (Å²) in [6.45, 7) is 0.206. The normalized spacial score (nSPS) is 13.0. The van der Waals surface area contributed by atoms with Gasteiger partial charge in [0.15, 0.2) is 0 Å². The fourth-order valence-electron chi connectivity index (χ4n) is 3.53. The Kier molecular flexibility index (Phi) is 7.44. The van der Waals surface area contributed by atoms with Gasteiger partial charge in [-0.1, -0.05) is 60.7 Å². The van der Waals surface area contributed by atoms with Gasteiger partial charge in [0.1, 0.15) is 0 Å². The first-order chi connectivity index (χ1) is 11.7. The molecule has 1 atom stereocenters. The number of rotatable bonds is 10. The van der Waals surface area contributed by atoms with Crippen molar-refractivity contribution in [2.75, 3.05) is 13.2 Å². The molecule has 0 spiro atoms. The molecular weight excluding hydrogens is 300 g/mol. The zero-order valence-electron chi connectivity index (χ0n) is 14.1. The molecule has 0 saturated carbocycles. The summed E-state index contributed by atoms with van der Waals surface area (Å²) >= 11 is 0. The average Bonchev–Trinajstić information content (AvgIpc) is 2.64. The molecule has 0 aliphatic heterocycles. The van der Waals surface area contributed by atoms with Crippen molar-refractivity contribution in [3.05, 3.63) is 71.8 Å². The molecule has 0 aliphatic carbocycles. The van der Waals surface area contributed by atoms with Gasteiger partial charge < -0.3 is 15.3 Å². The summed E-state index contributed by atoms with van der Waals surface area (Å²) in [6.07, 6.45) is 2.65. The summed E-state index contributed by atoms with van der Waals surface area (Å²) in [5.74, 6) is 0. The molecule has 0 aliphatic rings. The third kappa shape index (κ3) is 4.67. The molecule has 0 aromatic heterocycles. The first kappa shape index (κ1) is 18.7. The summed E-state index contributed by atoms with van der Waals surface area (Å²) < 4.78 is 0. The highest BCUT2D eigenvalue weighted by Crippen LogP contribution is 2.39. The quantitative estimate of drug-likeness (QED) is 0.628. The van der Waals surface area contributed by atoms with Crippen LogP contribution in [0.25, 0.3) is 0 Å². The van der Waals surface area contributed by atoms with Gasteiger partial charge in [0.2, 0.25) is 0 Å². The number of aliphatic hydroxyl groups is 3. The van der Waals surface area contributed by atoms with E-state index in [0.717, 1.165) is 11.1 Å². The van der Waals surface area contributed by atoms with Crippen molar-refractivity contribution < 1.29 is 15.3 Å². The molecule has 130 valence electrons. The zero-order valence-corrected chi connectivity index (χ0v) is 14.1. The molecule has 24 heavy (non-hydrogen) atoms. The lowest BCUT2D eigenvalue weighted by Gasteiger charge is -2.39. The Balaban J connectivity index is 2.34. The Bertz CT molecular complexity index is 560. The van der Waals surface area contributed by atoms with E-state index in [1.165, 1.54) is 0 Å². The van der Waals surface area contributed by atoms with Crippen molar-refractivity contribution in [2.45, 2.75) is 43.6 Å². The van der Waals surface area contributed by atoms with E-state index in [1.54, 1.807) is 0 Å². The highest BCUT2D eigenvalue weighted by molar-refractivity contribution is 5.29. The minimum Gasteiger partial charge on any atom is -0.396 e.